The predicted octanol–water partition coefficient (Wildman–Crippen LogP) is 3.78. The van der Waals surface area contributed by atoms with Crippen molar-refractivity contribution in [2.24, 2.45) is 0 Å². The maximum absolute atomic E-state index is 6.34. The van der Waals surface area contributed by atoms with Crippen LogP contribution in [0.3, 0.4) is 0 Å². The second kappa shape index (κ2) is 4.21. The van der Waals surface area contributed by atoms with E-state index in [-0.39, 0.29) is 0 Å². The summed E-state index contributed by atoms with van der Waals surface area (Å²) in [5, 5.41) is 5.22. The molecule has 1 nitrogen and oxygen atoms in total. The third kappa shape index (κ3) is 1.75. The fourth-order valence-corrected chi connectivity index (χ4v) is 3.85. The highest BCUT2D eigenvalue weighted by Crippen LogP contribution is 2.43. The summed E-state index contributed by atoms with van der Waals surface area (Å²) in [6, 6.07) is 4.59. The normalized spacial score (nSPS) is 28.4. The topological polar surface area (TPSA) is 12.0 Å². The molecule has 1 saturated heterocycles. The molecule has 86 valence electrons. The van der Waals surface area contributed by atoms with Gasteiger partial charge in [0.05, 0.1) is 0 Å². The Morgan fingerprint density at radius 1 is 1.19 bits per heavy atom. The van der Waals surface area contributed by atoms with Crippen LogP contribution in [0, 0.1) is 0 Å². The minimum atomic E-state index is 0.599. The van der Waals surface area contributed by atoms with E-state index in [9.17, 15) is 0 Å². The monoisotopic (exact) mass is 255 g/mol. The molecule has 0 saturated carbocycles. The number of aryl methyl sites for hydroxylation is 1. The van der Waals surface area contributed by atoms with Crippen LogP contribution in [0.1, 0.15) is 36.3 Å². The zero-order valence-electron chi connectivity index (χ0n) is 9.10. The highest BCUT2D eigenvalue weighted by molar-refractivity contribution is 6.35. The molecule has 2 atom stereocenters. The summed E-state index contributed by atoms with van der Waals surface area (Å²) in [5.74, 6) is 0.599. The van der Waals surface area contributed by atoms with Gasteiger partial charge in [-0.05, 0) is 55.5 Å². The van der Waals surface area contributed by atoms with Crippen LogP contribution in [-0.2, 0) is 6.42 Å². The van der Waals surface area contributed by atoms with Crippen molar-refractivity contribution in [1.29, 1.82) is 0 Å². The largest absolute Gasteiger partial charge is 0.313 e. The number of hydrogen-bond acceptors (Lipinski definition) is 1. The van der Waals surface area contributed by atoms with Gasteiger partial charge in [0.25, 0.3) is 0 Å². The quantitative estimate of drug-likeness (QED) is 0.806. The Labute approximate surface area is 106 Å². The van der Waals surface area contributed by atoms with Gasteiger partial charge in [-0.1, -0.05) is 23.2 Å². The first-order valence-corrected chi connectivity index (χ1v) is 6.72. The number of rotatable bonds is 1. The Balaban J connectivity index is 1.98. The molecule has 1 aliphatic carbocycles. The summed E-state index contributed by atoms with van der Waals surface area (Å²) in [6.07, 6.45) is 4.91. The molecule has 3 heteroatoms. The van der Waals surface area contributed by atoms with E-state index in [0.29, 0.717) is 12.0 Å². The third-order valence-corrected chi connectivity index (χ3v) is 4.39. The van der Waals surface area contributed by atoms with Gasteiger partial charge in [0.15, 0.2) is 0 Å². The third-order valence-electron chi connectivity index (χ3n) is 3.86. The van der Waals surface area contributed by atoms with Gasteiger partial charge in [-0.3, -0.25) is 0 Å². The van der Waals surface area contributed by atoms with Gasteiger partial charge in [-0.15, -0.1) is 0 Å². The Morgan fingerprint density at radius 2 is 2.06 bits per heavy atom. The maximum atomic E-state index is 6.34. The van der Waals surface area contributed by atoms with E-state index >= 15 is 0 Å². The lowest BCUT2D eigenvalue weighted by molar-refractivity contribution is 0.486. The van der Waals surface area contributed by atoms with Crippen molar-refractivity contribution in [3.05, 3.63) is 33.3 Å². The van der Waals surface area contributed by atoms with Crippen LogP contribution in [0.4, 0.5) is 0 Å². The summed E-state index contributed by atoms with van der Waals surface area (Å²) in [6.45, 7) is 1.15. The summed E-state index contributed by atoms with van der Waals surface area (Å²) in [4.78, 5) is 0. The Morgan fingerprint density at radius 3 is 2.81 bits per heavy atom. The molecule has 1 aliphatic heterocycles. The van der Waals surface area contributed by atoms with Gasteiger partial charge >= 0.3 is 0 Å². The molecule has 3 rings (SSSR count). The molecule has 1 N–H and O–H groups in total. The van der Waals surface area contributed by atoms with E-state index in [1.807, 2.05) is 6.07 Å². The number of hydrogen-bond donors (Lipinski definition) is 1. The molecule has 0 radical (unpaired) electrons. The fraction of sp³-hybridized carbons (Fsp3) is 0.538. The van der Waals surface area contributed by atoms with Crippen molar-refractivity contribution in [3.63, 3.8) is 0 Å². The van der Waals surface area contributed by atoms with Crippen LogP contribution in [0.25, 0.3) is 0 Å². The maximum Gasteiger partial charge on any atom is 0.0458 e. The lowest BCUT2D eigenvalue weighted by Gasteiger charge is -2.20. The van der Waals surface area contributed by atoms with E-state index in [4.69, 9.17) is 23.2 Å². The van der Waals surface area contributed by atoms with Crippen LogP contribution < -0.4 is 5.32 Å². The lowest BCUT2D eigenvalue weighted by Crippen LogP contribution is -2.27. The predicted molar refractivity (Wildman–Crippen MR) is 68.5 cm³/mol. The summed E-state index contributed by atoms with van der Waals surface area (Å²) in [7, 11) is 0. The number of fused-ring (bicyclic) bond motifs is 1. The van der Waals surface area contributed by atoms with Crippen molar-refractivity contribution in [2.75, 3.05) is 6.54 Å². The van der Waals surface area contributed by atoms with Crippen LogP contribution in [0.2, 0.25) is 10.0 Å². The van der Waals surface area contributed by atoms with Gasteiger partial charge in [0, 0.05) is 22.0 Å². The summed E-state index contributed by atoms with van der Waals surface area (Å²) in [5.41, 5.74) is 2.71. The Hall–Kier alpha value is -0.240. The number of halogens is 2. The minimum Gasteiger partial charge on any atom is -0.313 e. The molecule has 0 bridgehead atoms. The fourth-order valence-electron chi connectivity index (χ4n) is 3.17. The molecule has 16 heavy (non-hydrogen) atoms. The average molecular weight is 256 g/mol. The Kier molecular flexibility index (Phi) is 2.87. The molecule has 2 aliphatic rings. The zero-order valence-corrected chi connectivity index (χ0v) is 10.6. The molecule has 1 aromatic carbocycles. The lowest BCUT2D eigenvalue weighted by atomic mass is 9.92. The summed E-state index contributed by atoms with van der Waals surface area (Å²) < 4.78 is 0. The second-order valence-electron chi connectivity index (χ2n) is 4.81. The van der Waals surface area contributed by atoms with E-state index in [0.717, 1.165) is 23.0 Å². The standard InChI is InChI=1S/C13H15Cl2N/c14-9-6-8-3-4-10(12-2-1-5-16-12)13(8)11(15)7-9/h6-7,10,12,16H,1-5H2. The van der Waals surface area contributed by atoms with Crippen LogP contribution in [0.15, 0.2) is 12.1 Å². The van der Waals surface area contributed by atoms with Crippen molar-refractivity contribution in [3.8, 4) is 0 Å². The second-order valence-corrected chi connectivity index (χ2v) is 5.65. The van der Waals surface area contributed by atoms with Crippen LogP contribution >= 0.6 is 23.2 Å². The van der Waals surface area contributed by atoms with Gasteiger partial charge in [-0.2, -0.15) is 0 Å². The molecular formula is C13H15Cl2N. The van der Waals surface area contributed by atoms with Crippen LogP contribution in [-0.4, -0.2) is 12.6 Å². The zero-order chi connectivity index (χ0) is 11.1. The molecule has 1 aromatic rings. The average Bonchev–Trinajstić information content (AvgIpc) is 2.82. The molecule has 0 aromatic heterocycles. The molecule has 1 heterocycles. The van der Waals surface area contributed by atoms with E-state index in [2.05, 4.69) is 11.4 Å². The van der Waals surface area contributed by atoms with Crippen LogP contribution in [0.5, 0.6) is 0 Å². The van der Waals surface area contributed by atoms with Crippen molar-refractivity contribution in [1.82, 2.24) is 5.32 Å². The number of nitrogens with one attached hydrogen (secondary N) is 1. The molecular weight excluding hydrogens is 241 g/mol. The van der Waals surface area contributed by atoms with E-state index < -0.39 is 0 Å². The van der Waals surface area contributed by atoms with Crippen molar-refractivity contribution in [2.45, 2.75) is 37.6 Å². The minimum absolute atomic E-state index is 0.599. The molecule has 2 unspecified atom stereocenters. The first kappa shape index (κ1) is 10.9. The van der Waals surface area contributed by atoms with Gasteiger partial charge < -0.3 is 5.32 Å². The SMILES string of the molecule is Clc1cc(Cl)c2c(c1)CCC2C1CCCN1. The molecule has 1 fully saturated rings. The van der Waals surface area contributed by atoms with Crippen molar-refractivity contribution >= 4 is 23.2 Å². The smallest absolute Gasteiger partial charge is 0.0458 e. The van der Waals surface area contributed by atoms with E-state index in [1.165, 1.54) is 30.4 Å². The first-order chi connectivity index (χ1) is 7.75. The van der Waals surface area contributed by atoms with Gasteiger partial charge in [-0.25, -0.2) is 0 Å². The molecule has 0 spiro atoms. The summed E-state index contributed by atoms with van der Waals surface area (Å²) >= 11 is 12.4. The van der Waals surface area contributed by atoms with Crippen molar-refractivity contribution < 1.29 is 0 Å². The van der Waals surface area contributed by atoms with Gasteiger partial charge in [0.1, 0.15) is 0 Å². The number of benzene rings is 1. The highest BCUT2D eigenvalue weighted by Gasteiger charge is 2.33. The highest BCUT2D eigenvalue weighted by atomic mass is 35.5. The molecule has 0 amide bonds. The van der Waals surface area contributed by atoms with E-state index in [1.54, 1.807) is 0 Å². The first-order valence-electron chi connectivity index (χ1n) is 5.97. The Bertz CT molecular complexity index is 411. The van der Waals surface area contributed by atoms with Gasteiger partial charge in [0.2, 0.25) is 0 Å².